The average Bonchev–Trinajstić information content (AvgIpc) is 2.47. The molecule has 0 spiro atoms. The Bertz CT molecular complexity index is 317. The summed E-state index contributed by atoms with van der Waals surface area (Å²) in [5.41, 5.74) is 1.41. The molecule has 0 N–H and O–H groups in total. The van der Waals surface area contributed by atoms with Gasteiger partial charge < -0.3 is 0 Å². The third kappa shape index (κ3) is 6.19. The number of benzene rings is 1. The van der Waals surface area contributed by atoms with Crippen LogP contribution in [-0.2, 0) is 6.42 Å². The van der Waals surface area contributed by atoms with E-state index < -0.39 is 0 Å². The lowest BCUT2D eigenvalue weighted by Crippen LogP contribution is -2.28. The fourth-order valence-corrected chi connectivity index (χ4v) is 3.23. The van der Waals surface area contributed by atoms with Gasteiger partial charge in [-0.25, -0.2) is 0 Å². The summed E-state index contributed by atoms with van der Waals surface area (Å²) < 4.78 is 0. The van der Waals surface area contributed by atoms with Gasteiger partial charge in [0.15, 0.2) is 0 Å². The molecule has 0 aliphatic heterocycles. The van der Waals surface area contributed by atoms with Crippen molar-refractivity contribution in [2.24, 2.45) is 5.41 Å². The van der Waals surface area contributed by atoms with Gasteiger partial charge in [0.05, 0.1) is 0 Å². The predicted octanol–water partition coefficient (Wildman–Crippen LogP) is 6.05. The van der Waals surface area contributed by atoms with E-state index in [0.29, 0.717) is 11.8 Å². The summed E-state index contributed by atoms with van der Waals surface area (Å²) in [5, 5.41) is 0. The van der Waals surface area contributed by atoms with Crippen molar-refractivity contribution in [1.29, 1.82) is 0 Å². The van der Waals surface area contributed by atoms with Crippen molar-refractivity contribution in [3.8, 4) is 0 Å². The first kappa shape index (κ1) is 16.9. The maximum absolute atomic E-state index is 6.23. The van der Waals surface area contributed by atoms with Crippen LogP contribution in [0.4, 0.5) is 0 Å². The lowest BCUT2D eigenvalue weighted by atomic mass is 9.80. The first-order chi connectivity index (χ1) is 9.26. The Morgan fingerprint density at radius 1 is 0.895 bits per heavy atom. The molecule has 0 heterocycles. The maximum atomic E-state index is 6.23. The Hall–Kier alpha value is -0.200. The summed E-state index contributed by atoms with van der Waals surface area (Å²) in [6.45, 7) is 2.25. The Balaban J connectivity index is 2.49. The van der Waals surface area contributed by atoms with E-state index in [4.69, 9.17) is 23.2 Å². The van der Waals surface area contributed by atoms with Gasteiger partial charge in [0, 0.05) is 17.2 Å². The van der Waals surface area contributed by atoms with Crippen molar-refractivity contribution < 1.29 is 0 Å². The second-order valence-electron chi connectivity index (χ2n) is 5.59. The molecule has 0 unspecified atom stereocenters. The van der Waals surface area contributed by atoms with Gasteiger partial charge in [0.1, 0.15) is 0 Å². The smallest absolute Gasteiger partial charge is 0.0294 e. The Morgan fingerprint density at radius 3 is 2.11 bits per heavy atom. The van der Waals surface area contributed by atoms with Crippen LogP contribution in [0.25, 0.3) is 0 Å². The molecule has 1 aromatic carbocycles. The van der Waals surface area contributed by atoms with Crippen LogP contribution in [0.3, 0.4) is 0 Å². The van der Waals surface area contributed by atoms with Gasteiger partial charge in [-0.15, -0.1) is 23.2 Å². The molecule has 0 fully saturated rings. The Morgan fingerprint density at radius 2 is 1.53 bits per heavy atom. The van der Waals surface area contributed by atoms with E-state index in [-0.39, 0.29) is 5.41 Å². The lowest BCUT2D eigenvalue weighted by molar-refractivity contribution is 0.328. The summed E-state index contributed by atoms with van der Waals surface area (Å²) in [7, 11) is 0. The van der Waals surface area contributed by atoms with E-state index in [1.54, 1.807) is 0 Å². The molecular weight excluding hydrogens is 275 g/mol. The van der Waals surface area contributed by atoms with E-state index in [1.165, 1.54) is 37.7 Å². The number of alkyl halides is 2. The van der Waals surface area contributed by atoms with E-state index in [0.717, 1.165) is 12.8 Å². The third-order valence-corrected chi connectivity index (χ3v) is 4.93. The SMILES string of the molecule is CCCCCCCC(CCl)(CCl)Cc1ccccc1. The molecule has 0 nitrogen and oxygen atoms in total. The number of hydrogen-bond acceptors (Lipinski definition) is 0. The van der Waals surface area contributed by atoms with Gasteiger partial charge in [-0.05, 0) is 18.4 Å². The molecule has 0 aromatic heterocycles. The van der Waals surface area contributed by atoms with Gasteiger partial charge in [-0.2, -0.15) is 0 Å². The highest BCUT2D eigenvalue weighted by molar-refractivity contribution is 6.21. The van der Waals surface area contributed by atoms with Crippen molar-refractivity contribution in [2.45, 2.75) is 51.9 Å². The minimum Gasteiger partial charge on any atom is -0.126 e. The van der Waals surface area contributed by atoms with Gasteiger partial charge in [-0.1, -0.05) is 69.4 Å². The molecule has 108 valence electrons. The minimum atomic E-state index is 0.0661. The van der Waals surface area contributed by atoms with Crippen LogP contribution in [0, 0.1) is 5.41 Å². The molecule has 1 aromatic rings. The number of halogens is 2. The standard InChI is InChI=1S/C17H26Cl2/c1-2-3-4-5-9-12-17(14-18,15-19)13-16-10-7-6-8-11-16/h6-8,10-11H,2-5,9,12-15H2,1H3. The molecule has 0 radical (unpaired) electrons. The molecule has 0 aliphatic carbocycles. The molecule has 0 aliphatic rings. The second-order valence-corrected chi connectivity index (χ2v) is 6.13. The van der Waals surface area contributed by atoms with E-state index >= 15 is 0 Å². The Kier molecular flexibility index (Phi) is 8.57. The fraction of sp³-hybridized carbons (Fsp3) is 0.647. The lowest BCUT2D eigenvalue weighted by Gasteiger charge is -2.30. The minimum absolute atomic E-state index is 0.0661. The first-order valence-electron chi connectivity index (χ1n) is 7.42. The summed E-state index contributed by atoms with van der Waals surface area (Å²) in [5.74, 6) is 1.30. The van der Waals surface area contributed by atoms with Crippen LogP contribution in [0.15, 0.2) is 30.3 Å². The van der Waals surface area contributed by atoms with Gasteiger partial charge in [-0.3, -0.25) is 0 Å². The van der Waals surface area contributed by atoms with Crippen LogP contribution in [-0.4, -0.2) is 11.8 Å². The molecule has 0 amide bonds. The van der Waals surface area contributed by atoms with Crippen LogP contribution in [0.2, 0.25) is 0 Å². The second kappa shape index (κ2) is 9.66. The average molecular weight is 301 g/mol. The fourth-order valence-electron chi connectivity index (χ4n) is 2.48. The molecule has 0 saturated heterocycles. The van der Waals surface area contributed by atoms with Crippen LogP contribution >= 0.6 is 23.2 Å². The topological polar surface area (TPSA) is 0 Å². The number of rotatable bonds is 10. The van der Waals surface area contributed by atoms with Gasteiger partial charge in [0.25, 0.3) is 0 Å². The van der Waals surface area contributed by atoms with Crippen molar-refractivity contribution in [3.05, 3.63) is 35.9 Å². The predicted molar refractivity (Wildman–Crippen MR) is 87.4 cm³/mol. The van der Waals surface area contributed by atoms with Crippen molar-refractivity contribution in [2.75, 3.05) is 11.8 Å². The zero-order valence-corrected chi connectivity index (χ0v) is 13.5. The van der Waals surface area contributed by atoms with Crippen molar-refractivity contribution >= 4 is 23.2 Å². The monoisotopic (exact) mass is 300 g/mol. The summed E-state index contributed by atoms with van der Waals surface area (Å²) in [6, 6.07) is 10.6. The molecule has 0 saturated carbocycles. The zero-order chi connectivity index (χ0) is 14.0. The molecule has 0 bridgehead atoms. The maximum Gasteiger partial charge on any atom is 0.0294 e. The van der Waals surface area contributed by atoms with E-state index in [1.807, 2.05) is 0 Å². The first-order valence-corrected chi connectivity index (χ1v) is 8.49. The van der Waals surface area contributed by atoms with Gasteiger partial charge in [0.2, 0.25) is 0 Å². The highest BCUT2D eigenvalue weighted by Crippen LogP contribution is 2.32. The molecule has 0 atom stereocenters. The number of unbranched alkanes of at least 4 members (excludes halogenated alkanes) is 4. The largest absolute Gasteiger partial charge is 0.126 e. The Labute approximate surface area is 128 Å². The molecular formula is C17H26Cl2. The molecule has 1 rings (SSSR count). The van der Waals surface area contributed by atoms with Crippen molar-refractivity contribution in [3.63, 3.8) is 0 Å². The third-order valence-electron chi connectivity index (χ3n) is 3.80. The van der Waals surface area contributed by atoms with Gasteiger partial charge >= 0.3 is 0 Å². The zero-order valence-electron chi connectivity index (χ0n) is 12.0. The summed E-state index contributed by atoms with van der Waals surface area (Å²) >= 11 is 12.5. The summed E-state index contributed by atoms with van der Waals surface area (Å²) in [4.78, 5) is 0. The molecule has 19 heavy (non-hydrogen) atoms. The van der Waals surface area contributed by atoms with Crippen LogP contribution in [0.5, 0.6) is 0 Å². The normalized spacial score (nSPS) is 11.7. The van der Waals surface area contributed by atoms with Crippen LogP contribution in [0.1, 0.15) is 51.0 Å². The highest BCUT2D eigenvalue weighted by atomic mass is 35.5. The van der Waals surface area contributed by atoms with E-state index in [9.17, 15) is 0 Å². The molecule has 2 heteroatoms. The highest BCUT2D eigenvalue weighted by Gasteiger charge is 2.28. The summed E-state index contributed by atoms with van der Waals surface area (Å²) in [6.07, 6.45) is 8.65. The number of hydrogen-bond donors (Lipinski definition) is 0. The van der Waals surface area contributed by atoms with Crippen molar-refractivity contribution in [1.82, 2.24) is 0 Å². The van der Waals surface area contributed by atoms with E-state index in [2.05, 4.69) is 37.3 Å². The van der Waals surface area contributed by atoms with Crippen LogP contribution < -0.4 is 0 Å². The quantitative estimate of drug-likeness (QED) is 0.364.